The minimum absolute atomic E-state index is 0.0272. The van der Waals surface area contributed by atoms with Crippen LogP contribution < -0.4 is 10.6 Å². The highest BCUT2D eigenvalue weighted by Crippen LogP contribution is 2.24. The summed E-state index contributed by atoms with van der Waals surface area (Å²) in [4.78, 5) is 44.3. The van der Waals surface area contributed by atoms with Crippen molar-refractivity contribution >= 4 is 51.6 Å². The predicted molar refractivity (Wildman–Crippen MR) is 130 cm³/mol. The van der Waals surface area contributed by atoms with Crippen molar-refractivity contribution in [1.29, 1.82) is 0 Å². The molecule has 3 heterocycles. The van der Waals surface area contributed by atoms with E-state index in [4.69, 9.17) is 4.42 Å². The van der Waals surface area contributed by atoms with Gasteiger partial charge in [0.05, 0.1) is 35.2 Å². The molecular weight excluding hydrogens is 460 g/mol. The van der Waals surface area contributed by atoms with Gasteiger partial charge in [-0.1, -0.05) is 12.1 Å². The number of hydrogen-bond donors (Lipinski definition) is 2. The van der Waals surface area contributed by atoms with Crippen LogP contribution in [0.3, 0.4) is 0 Å². The minimum Gasteiger partial charge on any atom is -0.469 e. The molecule has 3 amide bonds. The number of carbonyl (C=O) groups is 3. The molecule has 4 rings (SSSR count). The van der Waals surface area contributed by atoms with Gasteiger partial charge >= 0.3 is 0 Å². The molecule has 3 aromatic rings. The second-order valence-corrected chi connectivity index (χ2v) is 9.70. The first kappa shape index (κ1) is 23.1. The molecule has 0 radical (unpaired) electrons. The van der Waals surface area contributed by atoms with Crippen LogP contribution in [0, 0.1) is 13.8 Å². The number of anilines is 2. The molecule has 1 aliphatic rings. The topological polar surface area (TPSA) is 105 Å². The third-order valence-electron chi connectivity index (χ3n) is 5.28. The zero-order valence-electron chi connectivity index (χ0n) is 18.3. The number of benzene rings is 1. The Morgan fingerprint density at radius 2 is 1.88 bits per heavy atom. The molecule has 2 aromatic heterocycles. The Labute approximate surface area is 199 Å². The standard InChI is InChI=1S/C23H24N4O4S2/c1-14-4-3-5-18(22(30)27-7-10-32-11-8-27)20(14)25-19(28)12-16-13-33-23(24-16)26-21(29)17-6-9-31-15(17)2/h3-6,9,13H,7-8,10-12H2,1-2H3,(H,25,28)(H,24,26,29). The van der Waals surface area contributed by atoms with Gasteiger partial charge in [0.25, 0.3) is 11.8 Å². The maximum Gasteiger partial charge on any atom is 0.260 e. The van der Waals surface area contributed by atoms with Gasteiger partial charge in [0, 0.05) is 30.0 Å². The van der Waals surface area contributed by atoms with Crippen LogP contribution in [0.2, 0.25) is 0 Å². The number of amides is 3. The molecule has 0 saturated carbocycles. The van der Waals surface area contributed by atoms with E-state index in [1.165, 1.54) is 17.6 Å². The molecule has 0 atom stereocenters. The molecule has 1 aromatic carbocycles. The lowest BCUT2D eigenvalue weighted by Crippen LogP contribution is -2.38. The number of aromatic nitrogens is 1. The van der Waals surface area contributed by atoms with Crippen molar-refractivity contribution in [1.82, 2.24) is 9.88 Å². The normalized spacial score (nSPS) is 13.6. The van der Waals surface area contributed by atoms with Crippen molar-refractivity contribution in [3.8, 4) is 0 Å². The van der Waals surface area contributed by atoms with Crippen LogP contribution in [0.1, 0.15) is 37.7 Å². The number of aryl methyl sites for hydroxylation is 2. The number of hydrogen-bond acceptors (Lipinski definition) is 7. The van der Waals surface area contributed by atoms with Crippen molar-refractivity contribution in [2.24, 2.45) is 0 Å². The van der Waals surface area contributed by atoms with Crippen LogP contribution in [0.4, 0.5) is 10.8 Å². The molecule has 0 bridgehead atoms. The molecule has 1 aliphatic heterocycles. The summed E-state index contributed by atoms with van der Waals surface area (Å²) < 4.78 is 5.15. The molecule has 0 spiro atoms. The second kappa shape index (κ2) is 10.2. The fourth-order valence-electron chi connectivity index (χ4n) is 3.53. The Morgan fingerprint density at radius 1 is 1.09 bits per heavy atom. The summed E-state index contributed by atoms with van der Waals surface area (Å²) in [6, 6.07) is 7.04. The molecule has 0 unspecified atom stereocenters. The molecule has 172 valence electrons. The number of carbonyl (C=O) groups excluding carboxylic acids is 3. The smallest absolute Gasteiger partial charge is 0.260 e. The first-order chi connectivity index (χ1) is 15.9. The molecule has 8 nitrogen and oxygen atoms in total. The average Bonchev–Trinajstić information content (AvgIpc) is 3.43. The number of rotatable bonds is 6. The highest BCUT2D eigenvalue weighted by Gasteiger charge is 2.23. The quantitative estimate of drug-likeness (QED) is 0.549. The zero-order valence-corrected chi connectivity index (χ0v) is 20.0. The van der Waals surface area contributed by atoms with Crippen LogP contribution in [0.25, 0.3) is 0 Å². The molecule has 0 aliphatic carbocycles. The Balaban J connectivity index is 1.42. The largest absolute Gasteiger partial charge is 0.469 e. The van der Waals surface area contributed by atoms with Gasteiger partial charge < -0.3 is 14.6 Å². The molecule has 10 heteroatoms. The third-order valence-corrected chi connectivity index (χ3v) is 7.03. The van der Waals surface area contributed by atoms with E-state index in [0.29, 0.717) is 46.5 Å². The second-order valence-electron chi connectivity index (χ2n) is 7.62. The number of nitrogens with one attached hydrogen (secondary N) is 2. The number of thiazole rings is 1. The van der Waals surface area contributed by atoms with Crippen LogP contribution in [0.5, 0.6) is 0 Å². The minimum atomic E-state index is -0.314. The lowest BCUT2D eigenvalue weighted by Gasteiger charge is -2.27. The summed E-state index contributed by atoms with van der Waals surface area (Å²) in [6.07, 6.45) is 1.48. The number of para-hydroxylation sites is 1. The van der Waals surface area contributed by atoms with E-state index in [0.717, 1.165) is 17.1 Å². The van der Waals surface area contributed by atoms with Gasteiger partial charge in [-0.25, -0.2) is 4.98 Å². The Hall–Kier alpha value is -3.11. The monoisotopic (exact) mass is 484 g/mol. The molecule has 33 heavy (non-hydrogen) atoms. The maximum absolute atomic E-state index is 13.0. The van der Waals surface area contributed by atoms with Crippen LogP contribution in [-0.2, 0) is 11.2 Å². The van der Waals surface area contributed by atoms with E-state index >= 15 is 0 Å². The summed E-state index contributed by atoms with van der Waals surface area (Å²) in [5.74, 6) is 1.70. The van der Waals surface area contributed by atoms with Crippen molar-refractivity contribution < 1.29 is 18.8 Å². The molecule has 2 N–H and O–H groups in total. The SMILES string of the molecule is Cc1cccc(C(=O)N2CCSCC2)c1NC(=O)Cc1csc(NC(=O)c2ccoc2C)n1. The van der Waals surface area contributed by atoms with Crippen molar-refractivity contribution in [2.75, 3.05) is 35.2 Å². The summed E-state index contributed by atoms with van der Waals surface area (Å²) in [5, 5.41) is 7.75. The first-order valence-electron chi connectivity index (χ1n) is 10.5. The van der Waals surface area contributed by atoms with E-state index in [9.17, 15) is 14.4 Å². The van der Waals surface area contributed by atoms with Crippen LogP contribution >= 0.6 is 23.1 Å². The van der Waals surface area contributed by atoms with Gasteiger partial charge in [0.1, 0.15) is 5.76 Å². The number of thioether (sulfide) groups is 1. The molecule has 1 saturated heterocycles. The molecular formula is C23H24N4O4S2. The van der Waals surface area contributed by atoms with Crippen molar-refractivity contribution in [3.05, 3.63) is 64.1 Å². The van der Waals surface area contributed by atoms with Gasteiger partial charge in [0.15, 0.2) is 5.13 Å². The van der Waals surface area contributed by atoms with E-state index < -0.39 is 0 Å². The van der Waals surface area contributed by atoms with Gasteiger partial charge in [-0.15, -0.1) is 11.3 Å². The van der Waals surface area contributed by atoms with Gasteiger partial charge in [-0.3, -0.25) is 19.7 Å². The summed E-state index contributed by atoms with van der Waals surface area (Å²) in [7, 11) is 0. The fraction of sp³-hybridized carbons (Fsp3) is 0.304. The predicted octanol–water partition coefficient (Wildman–Crippen LogP) is 3.98. The maximum atomic E-state index is 13.0. The van der Waals surface area contributed by atoms with E-state index in [1.54, 1.807) is 24.4 Å². The highest BCUT2D eigenvalue weighted by atomic mass is 32.2. The van der Waals surface area contributed by atoms with E-state index in [1.807, 2.05) is 35.7 Å². The van der Waals surface area contributed by atoms with Crippen LogP contribution in [-0.4, -0.2) is 52.2 Å². The zero-order chi connectivity index (χ0) is 23.4. The molecule has 1 fully saturated rings. The highest BCUT2D eigenvalue weighted by molar-refractivity contribution is 7.99. The third kappa shape index (κ3) is 5.45. The van der Waals surface area contributed by atoms with E-state index in [-0.39, 0.29) is 24.1 Å². The van der Waals surface area contributed by atoms with Crippen LogP contribution in [0.15, 0.2) is 40.3 Å². The number of furan rings is 1. The van der Waals surface area contributed by atoms with Crippen molar-refractivity contribution in [2.45, 2.75) is 20.3 Å². The summed E-state index contributed by atoms with van der Waals surface area (Å²) in [6.45, 7) is 4.99. The van der Waals surface area contributed by atoms with Crippen molar-refractivity contribution in [3.63, 3.8) is 0 Å². The Kier molecular flexibility index (Phi) is 7.14. The average molecular weight is 485 g/mol. The number of nitrogens with zero attached hydrogens (tertiary/aromatic N) is 2. The van der Waals surface area contributed by atoms with Gasteiger partial charge in [-0.2, -0.15) is 11.8 Å². The summed E-state index contributed by atoms with van der Waals surface area (Å²) >= 11 is 3.08. The first-order valence-corrected chi connectivity index (χ1v) is 12.5. The fourth-order valence-corrected chi connectivity index (χ4v) is 5.14. The lowest BCUT2D eigenvalue weighted by molar-refractivity contribution is -0.115. The lowest BCUT2D eigenvalue weighted by atomic mass is 10.1. The Morgan fingerprint density at radius 3 is 2.61 bits per heavy atom. The van der Waals surface area contributed by atoms with Gasteiger partial charge in [-0.05, 0) is 31.5 Å². The van der Waals surface area contributed by atoms with E-state index in [2.05, 4.69) is 15.6 Å². The van der Waals surface area contributed by atoms with Gasteiger partial charge in [0.2, 0.25) is 5.91 Å². The Bertz CT molecular complexity index is 1180. The summed E-state index contributed by atoms with van der Waals surface area (Å²) in [5.41, 5.74) is 2.82.